The van der Waals surface area contributed by atoms with Crippen molar-refractivity contribution in [2.45, 2.75) is 72.4 Å². The van der Waals surface area contributed by atoms with Crippen molar-refractivity contribution < 1.29 is 13.2 Å². The summed E-state index contributed by atoms with van der Waals surface area (Å²) >= 11 is 0. The number of sulfone groups is 1. The number of carbonyl (C=O) groups is 1. The molecule has 1 aromatic carbocycles. The Kier molecular flexibility index (Phi) is 7.57. The van der Waals surface area contributed by atoms with Crippen LogP contribution in [0.1, 0.15) is 60.7 Å². The summed E-state index contributed by atoms with van der Waals surface area (Å²) in [4.78, 5) is 14.9. The van der Waals surface area contributed by atoms with E-state index in [0.717, 1.165) is 29.8 Å². The standard InChI is InChI=1S/C24H35N3O3S/c1-5-6-14-26(22-13-15-31(29,30)17-22)24(28)12-11-23-19(3)25-27(20(23)4)16-21-9-7-18(2)8-10-21/h7-10,22H,5-6,11-17H2,1-4H3. The summed E-state index contributed by atoms with van der Waals surface area (Å²) in [6.07, 6.45) is 3.46. The van der Waals surface area contributed by atoms with E-state index < -0.39 is 9.84 Å². The molecule has 0 radical (unpaired) electrons. The topological polar surface area (TPSA) is 72.3 Å². The molecule has 1 aliphatic heterocycles. The third-order valence-electron chi connectivity index (χ3n) is 6.30. The smallest absolute Gasteiger partial charge is 0.223 e. The zero-order chi connectivity index (χ0) is 22.6. The highest BCUT2D eigenvalue weighted by Gasteiger charge is 2.34. The molecule has 1 amide bonds. The minimum absolute atomic E-state index is 0.0561. The van der Waals surface area contributed by atoms with E-state index in [1.54, 1.807) is 0 Å². The SMILES string of the molecule is CCCCN(C(=O)CCc1c(C)nn(Cc2ccc(C)cc2)c1C)C1CCS(=O)(=O)C1. The van der Waals surface area contributed by atoms with Gasteiger partial charge >= 0.3 is 0 Å². The first-order valence-electron chi connectivity index (χ1n) is 11.3. The third kappa shape index (κ3) is 5.97. The number of nitrogens with zero attached hydrogens (tertiary/aromatic N) is 3. The van der Waals surface area contributed by atoms with Gasteiger partial charge in [-0.15, -0.1) is 0 Å². The van der Waals surface area contributed by atoms with Gasteiger partial charge in [-0.05, 0) is 51.2 Å². The fourth-order valence-corrected chi connectivity index (χ4v) is 6.08. The number of rotatable bonds is 9. The van der Waals surface area contributed by atoms with Crippen LogP contribution in [0.3, 0.4) is 0 Å². The second kappa shape index (κ2) is 9.98. The van der Waals surface area contributed by atoms with E-state index in [1.807, 2.05) is 16.5 Å². The fraction of sp³-hybridized carbons (Fsp3) is 0.583. The summed E-state index contributed by atoms with van der Waals surface area (Å²) in [5.74, 6) is 0.354. The second-order valence-corrected chi connectivity index (χ2v) is 11.0. The summed E-state index contributed by atoms with van der Waals surface area (Å²) in [6, 6.07) is 8.28. The molecule has 7 heteroatoms. The molecule has 2 aromatic rings. The van der Waals surface area contributed by atoms with Gasteiger partial charge in [0, 0.05) is 24.7 Å². The van der Waals surface area contributed by atoms with Gasteiger partial charge < -0.3 is 4.90 Å². The minimum Gasteiger partial charge on any atom is -0.339 e. The highest BCUT2D eigenvalue weighted by molar-refractivity contribution is 7.91. The number of carbonyl (C=O) groups excluding carboxylic acids is 1. The molecule has 0 N–H and O–H groups in total. The lowest BCUT2D eigenvalue weighted by Crippen LogP contribution is -2.41. The van der Waals surface area contributed by atoms with E-state index in [2.05, 4.69) is 45.0 Å². The summed E-state index contributed by atoms with van der Waals surface area (Å²) in [5, 5.41) is 4.71. The summed E-state index contributed by atoms with van der Waals surface area (Å²) in [5.41, 5.74) is 5.61. The predicted octanol–water partition coefficient (Wildman–Crippen LogP) is 3.61. The van der Waals surface area contributed by atoms with E-state index in [0.29, 0.717) is 32.4 Å². The van der Waals surface area contributed by atoms with Gasteiger partial charge in [0.05, 0.1) is 23.7 Å². The van der Waals surface area contributed by atoms with Gasteiger partial charge in [0.2, 0.25) is 5.91 Å². The lowest BCUT2D eigenvalue weighted by molar-refractivity contribution is -0.133. The third-order valence-corrected chi connectivity index (χ3v) is 8.05. The zero-order valence-corrected chi connectivity index (χ0v) is 20.0. The van der Waals surface area contributed by atoms with Crippen molar-refractivity contribution in [3.63, 3.8) is 0 Å². The number of unbranched alkanes of at least 4 members (excludes halogenated alkanes) is 1. The Balaban J connectivity index is 1.68. The minimum atomic E-state index is -3.02. The first-order chi connectivity index (χ1) is 14.7. The van der Waals surface area contributed by atoms with Crippen LogP contribution in [-0.4, -0.2) is 53.1 Å². The molecule has 1 saturated heterocycles. The predicted molar refractivity (Wildman–Crippen MR) is 124 cm³/mol. The summed E-state index contributed by atoms with van der Waals surface area (Å²) in [6.45, 7) is 9.57. The number of aryl methyl sites for hydroxylation is 2. The van der Waals surface area contributed by atoms with Gasteiger partial charge in [-0.25, -0.2) is 8.42 Å². The van der Waals surface area contributed by atoms with E-state index in [9.17, 15) is 13.2 Å². The van der Waals surface area contributed by atoms with Crippen LogP contribution in [0.15, 0.2) is 24.3 Å². The van der Waals surface area contributed by atoms with Crippen LogP contribution in [-0.2, 0) is 27.6 Å². The van der Waals surface area contributed by atoms with E-state index in [4.69, 9.17) is 5.10 Å². The van der Waals surface area contributed by atoms with Gasteiger partial charge in [-0.3, -0.25) is 9.48 Å². The Morgan fingerprint density at radius 1 is 1.19 bits per heavy atom. The van der Waals surface area contributed by atoms with Crippen LogP contribution in [0.2, 0.25) is 0 Å². The largest absolute Gasteiger partial charge is 0.339 e. The maximum Gasteiger partial charge on any atom is 0.223 e. The molecular weight excluding hydrogens is 410 g/mol. The fourth-order valence-electron chi connectivity index (χ4n) is 4.35. The van der Waals surface area contributed by atoms with Crippen molar-refractivity contribution >= 4 is 15.7 Å². The number of hydrogen-bond donors (Lipinski definition) is 0. The molecule has 2 heterocycles. The Hall–Kier alpha value is -2.15. The Morgan fingerprint density at radius 2 is 1.90 bits per heavy atom. The van der Waals surface area contributed by atoms with E-state index >= 15 is 0 Å². The highest BCUT2D eigenvalue weighted by atomic mass is 32.2. The van der Waals surface area contributed by atoms with Crippen LogP contribution in [0, 0.1) is 20.8 Å². The first kappa shape index (κ1) is 23.5. The molecule has 1 aromatic heterocycles. The molecule has 31 heavy (non-hydrogen) atoms. The van der Waals surface area contributed by atoms with Crippen LogP contribution >= 0.6 is 0 Å². The molecule has 1 atom stereocenters. The van der Waals surface area contributed by atoms with E-state index in [-0.39, 0.29) is 23.5 Å². The maximum absolute atomic E-state index is 13.1. The van der Waals surface area contributed by atoms with Gasteiger partial charge in [0.1, 0.15) is 0 Å². The monoisotopic (exact) mass is 445 g/mol. The zero-order valence-electron chi connectivity index (χ0n) is 19.2. The molecule has 6 nitrogen and oxygen atoms in total. The molecule has 0 bridgehead atoms. The van der Waals surface area contributed by atoms with Crippen molar-refractivity contribution in [3.8, 4) is 0 Å². The van der Waals surface area contributed by atoms with Crippen molar-refractivity contribution in [2.24, 2.45) is 0 Å². The molecule has 1 fully saturated rings. The van der Waals surface area contributed by atoms with Crippen molar-refractivity contribution in [1.82, 2.24) is 14.7 Å². The first-order valence-corrected chi connectivity index (χ1v) is 13.1. The summed E-state index contributed by atoms with van der Waals surface area (Å²) < 4.78 is 25.9. The van der Waals surface area contributed by atoms with Crippen molar-refractivity contribution in [2.75, 3.05) is 18.1 Å². The molecule has 0 spiro atoms. The van der Waals surface area contributed by atoms with Gasteiger partial charge in [0.15, 0.2) is 9.84 Å². The Bertz CT molecular complexity index is 1010. The number of aromatic nitrogens is 2. The molecular formula is C24H35N3O3S. The number of hydrogen-bond acceptors (Lipinski definition) is 4. The maximum atomic E-state index is 13.1. The normalized spacial score (nSPS) is 17.7. The van der Waals surface area contributed by atoms with Crippen molar-refractivity contribution in [3.05, 3.63) is 52.3 Å². The van der Waals surface area contributed by atoms with Crippen LogP contribution < -0.4 is 0 Å². The summed E-state index contributed by atoms with van der Waals surface area (Å²) in [7, 11) is -3.02. The Labute approximate surface area is 186 Å². The quantitative estimate of drug-likeness (QED) is 0.591. The molecule has 0 saturated carbocycles. The molecule has 0 aliphatic carbocycles. The molecule has 3 rings (SSSR count). The van der Waals surface area contributed by atoms with Gasteiger partial charge in [0.25, 0.3) is 0 Å². The second-order valence-electron chi connectivity index (χ2n) is 8.79. The lowest BCUT2D eigenvalue weighted by atomic mass is 10.1. The van der Waals surface area contributed by atoms with Crippen LogP contribution in [0.25, 0.3) is 0 Å². The van der Waals surface area contributed by atoms with Gasteiger partial charge in [-0.1, -0.05) is 43.2 Å². The number of amides is 1. The highest BCUT2D eigenvalue weighted by Crippen LogP contribution is 2.22. The number of benzene rings is 1. The Morgan fingerprint density at radius 3 is 2.52 bits per heavy atom. The lowest BCUT2D eigenvalue weighted by Gasteiger charge is -2.28. The molecule has 1 aliphatic rings. The van der Waals surface area contributed by atoms with Gasteiger partial charge in [-0.2, -0.15) is 5.10 Å². The van der Waals surface area contributed by atoms with E-state index in [1.165, 1.54) is 11.1 Å². The van der Waals surface area contributed by atoms with Crippen LogP contribution in [0.5, 0.6) is 0 Å². The average Bonchev–Trinajstić information content (AvgIpc) is 3.20. The average molecular weight is 446 g/mol. The van der Waals surface area contributed by atoms with Crippen LogP contribution in [0.4, 0.5) is 0 Å². The van der Waals surface area contributed by atoms with Crippen molar-refractivity contribution in [1.29, 1.82) is 0 Å². The molecule has 170 valence electrons. The molecule has 1 unspecified atom stereocenters.